The van der Waals surface area contributed by atoms with E-state index in [0.717, 1.165) is 16.9 Å². The van der Waals surface area contributed by atoms with Crippen molar-refractivity contribution in [2.75, 3.05) is 5.32 Å². The first kappa shape index (κ1) is 11.5. The minimum Gasteiger partial charge on any atom is -0.355 e. The van der Waals surface area contributed by atoms with E-state index in [9.17, 15) is 10.1 Å². The molecule has 2 aromatic carbocycles. The Morgan fingerprint density at radius 2 is 1.68 bits per heavy atom. The van der Waals surface area contributed by atoms with Gasteiger partial charge >= 0.3 is 0 Å². The van der Waals surface area contributed by atoms with E-state index in [2.05, 4.69) is 11.4 Å². The van der Waals surface area contributed by atoms with Gasteiger partial charge in [-0.1, -0.05) is 30.3 Å². The molecule has 0 aliphatic carbocycles. The number of hydrogen-bond acceptors (Lipinski definition) is 3. The molecule has 0 radical (unpaired) electrons. The van der Waals surface area contributed by atoms with Crippen molar-refractivity contribution in [2.45, 2.75) is 12.3 Å². The van der Waals surface area contributed by atoms with Crippen LogP contribution in [0.25, 0.3) is 0 Å². The Labute approximate surface area is 111 Å². The van der Waals surface area contributed by atoms with E-state index in [1.54, 1.807) is 13.0 Å². The molecule has 0 unspecified atom stereocenters. The van der Waals surface area contributed by atoms with Crippen molar-refractivity contribution < 1.29 is 4.79 Å². The van der Waals surface area contributed by atoms with Gasteiger partial charge in [0.05, 0.1) is 6.07 Å². The third kappa shape index (κ3) is 1.54. The van der Waals surface area contributed by atoms with Gasteiger partial charge in [0.1, 0.15) is 5.41 Å². The van der Waals surface area contributed by atoms with Gasteiger partial charge in [-0.2, -0.15) is 5.26 Å². The molecule has 0 saturated heterocycles. The number of Topliss-reactive ketones (excluding diaryl/α,β-unsaturated/α-hetero) is 1. The Kier molecular flexibility index (Phi) is 2.39. The zero-order chi connectivity index (χ0) is 13.5. The maximum absolute atomic E-state index is 12.7. The molecule has 0 bridgehead atoms. The van der Waals surface area contributed by atoms with Crippen LogP contribution in [-0.2, 0) is 5.41 Å². The smallest absolute Gasteiger partial charge is 0.189 e. The number of carbonyl (C=O) groups is 1. The molecule has 0 spiro atoms. The quantitative estimate of drug-likeness (QED) is 0.777. The third-order valence-electron chi connectivity index (χ3n) is 3.58. The Bertz CT molecular complexity index is 715. The summed E-state index contributed by atoms with van der Waals surface area (Å²) in [7, 11) is 0. The molecule has 3 rings (SSSR count). The first-order valence-electron chi connectivity index (χ1n) is 6.08. The van der Waals surface area contributed by atoms with E-state index in [4.69, 9.17) is 0 Å². The number of nitrogens with zero attached hydrogens (tertiary/aromatic N) is 1. The number of fused-ring (bicyclic) bond motifs is 2. The van der Waals surface area contributed by atoms with E-state index in [0.29, 0.717) is 5.56 Å². The van der Waals surface area contributed by atoms with E-state index in [-0.39, 0.29) is 5.78 Å². The van der Waals surface area contributed by atoms with Crippen molar-refractivity contribution in [1.29, 1.82) is 5.26 Å². The Morgan fingerprint density at radius 3 is 2.42 bits per heavy atom. The number of hydrogen-bond donors (Lipinski definition) is 1. The van der Waals surface area contributed by atoms with Crippen LogP contribution >= 0.6 is 0 Å². The highest BCUT2D eigenvalue weighted by atomic mass is 16.1. The average molecular weight is 248 g/mol. The summed E-state index contributed by atoms with van der Waals surface area (Å²) in [5, 5.41) is 12.8. The van der Waals surface area contributed by atoms with Crippen LogP contribution in [0.1, 0.15) is 22.8 Å². The lowest BCUT2D eigenvalue weighted by Crippen LogP contribution is -2.30. The van der Waals surface area contributed by atoms with Crippen molar-refractivity contribution in [1.82, 2.24) is 0 Å². The number of anilines is 2. The second-order valence-corrected chi connectivity index (χ2v) is 4.78. The number of para-hydroxylation sites is 2. The van der Waals surface area contributed by atoms with Gasteiger partial charge in [-0.15, -0.1) is 0 Å². The summed E-state index contributed by atoms with van der Waals surface area (Å²) >= 11 is 0. The molecule has 1 aliphatic rings. The zero-order valence-corrected chi connectivity index (χ0v) is 10.5. The number of carbonyl (C=O) groups excluding carboxylic acids is 1. The lowest BCUT2D eigenvalue weighted by Gasteiger charge is -2.20. The topological polar surface area (TPSA) is 52.9 Å². The van der Waals surface area contributed by atoms with Crippen LogP contribution in [0.15, 0.2) is 48.5 Å². The minimum absolute atomic E-state index is 0.164. The lowest BCUT2D eigenvalue weighted by molar-refractivity contribution is 0.0933. The van der Waals surface area contributed by atoms with Crippen molar-refractivity contribution in [2.24, 2.45) is 0 Å². The molecule has 1 aliphatic heterocycles. The van der Waals surface area contributed by atoms with E-state index < -0.39 is 5.41 Å². The molecule has 1 N–H and O–H groups in total. The average Bonchev–Trinajstić information content (AvgIpc) is 2.55. The minimum atomic E-state index is -1.16. The fraction of sp³-hybridized carbons (Fsp3) is 0.125. The first-order valence-corrected chi connectivity index (χ1v) is 6.08. The molecule has 3 heteroatoms. The Balaban J connectivity index is 2.35. The third-order valence-corrected chi connectivity index (χ3v) is 3.58. The highest BCUT2D eigenvalue weighted by molar-refractivity contribution is 6.12. The fourth-order valence-corrected chi connectivity index (χ4v) is 2.47. The SMILES string of the molecule is C[C@@]1(C#N)C(=O)c2ccccc2Nc2ccccc21. The highest BCUT2D eigenvalue weighted by Crippen LogP contribution is 2.39. The number of nitrogens with one attached hydrogen (secondary N) is 1. The number of rotatable bonds is 0. The second-order valence-electron chi connectivity index (χ2n) is 4.78. The van der Waals surface area contributed by atoms with Gasteiger partial charge in [0.15, 0.2) is 5.78 Å². The fourth-order valence-electron chi connectivity index (χ4n) is 2.47. The van der Waals surface area contributed by atoms with Crippen LogP contribution in [0.3, 0.4) is 0 Å². The molecule has 19 heavy (non-hydrogen) atoms. The molecular formula is C16H12N2O. The predicted octanol–water partition coefficient (Wildman–Crippen LogP) is 3.41. The molecule has 2 aromatic rings. The summed E-state index contributed by atoms with van der Waals surface area (Å²) in [6, 6.07) is 16.9. The summed E-state index contributed by atoms with van der Waals surface area (Å²) < 4.78 is 0. The predicted molar refractivity (Wildman–Crippen MR) is 73.5 cm³/mol. The van der Waals surface area contributed by atoms with Crippen LogP contribution in [0.4, 0.5) is 11.4 Å². The number of benzene rings is 2. The monoisotopic (exact) mass is 248 g/mol. The van der Waals surface area contributed by atoms with Gasteiger partial charge in [0.25, 0.3) is 0 Å². The maximum atomic E-state index is 12.7. The van der Waals surface area contributed by atoms with Crippen LogP contribution in [0.2, 0.25) is 0 Å². The maximum Gasteiger partial charge on any atom is 0.189 e. The van der Waals surface area contributed by atoms with Gasteiger partial charge in [-0.05, 0) is 25.1 Å². The molecule has 0 aromatic heterocycles. The van der Waals surface area contributed by atoms with E-state index >= 15 is 0 Å². The second kappa shape index (κ2) is 3.96. The molecule has 0 fully saturated rings. The Morgan fingerprint density at radius 1 is 1.05 bits per heavy atom. The van der Waals surface area contributed by atoms with Crippen LogP contribution in [0, 0.1) is 11.3 Å². The summed E-state index contributed by atoms with van der Waals surface area (Å²) in [5.74, 6) is -0.164. The highest BCUT2D eigenvalue weighted by Gasteiger charge is 2.40. The molecular weight excluding hydrogens is 236 g/mol. The molecule has 92 valence electrons. The van der Waals surface area contributed by atoms with Crippen LogP contribution in [0.5, 0.6) is 0 Å². The van der Waals surface area contributed by atoms with Crippen molar-refractivity contribution in [3.05, 3.63) is 59.7 Å². The van der Waals surface area contributed by atoms with Gasteiger partial charge < -0.3 is 5.32 Å². The van der Waals surface area contributed by atoms with Crippen molar-refractivity contribution >= 4 is 17.2 Å². The zero-order valence-electron chi connectivity index (χ0n) is 10.5. The van der Waals surface area contributed by atoms with Gasteiger partial charge in [-0.25, -0.2) is 0 Å². The summed E-state index contributed by atoms with van der Waals surface area (Å²) in [6.07, 6.45) is 0. The van der Waals surface area contributed by atoms with E-state index in [1.807, 2.05) is 42.5 Å². The molecule has 0 amide bonds. The number of ketones is 1. The van der Waals surface area contributed by atoms with Crippen molar-refractivity contribution in [3.63, 3.8) is 0 Å². The number of nitriles is 1. The lowest BCUT2D eigenvalue weighted by atomic mass is 9.77. The first-order chi connectivity index (χ1) is 9.16. The van der Waals surface area contributed by atoms with Gasteiger partial charge in [0, 0.05) is 22.5 Å². The van der Waals surface area contributed by atoms with Gasteiger partial charge in [-0.3, -0.25) is 4.79 Å². The van der Waals surface area contributed by atoms with E-state index in [1.165, 1.54) is 0 Å². The molecule has 3 nitrogen and oxygen atoms in total. The molecule has 0 saturated carbocycles. The standard InChI is InChI=1S/C16H12N2O/c1-16(10-17)12-7-3-5-9-14(12)18-13-8-4-2-6-11(13)15(16)19/h2-9,18H,1H3/t16-/m0/s1. The summed E-state index contributed by atoms with van der Waals surface area (Å²) in [6.45, 7) is 1.68. The van der Waals surface area contributed by atoms with Crippen molar-refractivity contribution in [3.8, 4) is 6.07 Å². The normalized spacial score (nSPS) is 20.5. The Hall–Kier alpha value is -2.60. The van der Waals surface area contributed by atoms with Gasteiger partial charge in [0.2, 0.25) is 0 Å². The largest absolute Gasteiger partial charge is 0.355 e. The molecule has 1 atom stereocenters. The van der Waals surface area contributed by atoms with Crippen LogP contribution in [-0.4, -0.2) is 5.78 Å². The molecule has 1 heterocycles. The summed E-state index contributed by atoms with van der Waals surface area (Å²) in [4.78, 5) is 12.7. The summed E-state index contributed by atoms with van der Waals surface area (Å²) in [5.41, 5.74) is 1.68. The van der Waals surface area contributed by atoms with Crippen LogP contribution < -0.4 is 5.32 Å².